The zero-order valence-electron chi connectivity index (χ0n) is 19.8. The first-order chi connectivity index (χ1) is 17.6. The maximum atomic E-state index is 6.83. The number of fused-ring (bicyclic) bond motifs is 2. The zero-order valence-corrected chi connectivity index (χ0v) is 20.6. The van der Waals surface area contributed by atoms with Crippen molar-refractivity contribution in [3.8, 4) is 22.6 Å². The molecule has 0 atom stereocenters. The first kappa shape index (κ1) is 21.7. The van der Waals surface area contributed by atoms with E-state index in [0.717, 1.165) is 63.2 Å². The molecule has 1 saturated carbocycles. The summed E-state index contributed by atoms with van der Waals surface area (Å²) in [4.78, 5) is 16.3. The normalized spacial score (nSPS) is 19.9. The Hall–Kier alpha value is -3.55. The Morgan fingerprint density at radius 2 is 1.86 bits per heavy atom. The average molecular weight is 496 g/mol. The van der Waals surface area contributed by atoms with Gasteiger partial charge in [-0.25, -0.2) is 9.97 Å². The molecule has 1 aliphatic heterocycles. The van der Waals surface area contributed by atoms with E-state index < -0.39 is 0 Å². The van der Waals surface area contributed by atoms with Crippen LogP contribution in [0.5, 0.6) is 0 Å². The van der Waals surface area contributed by atoms with Crippen molar-refractivity contribution in [2.45, 2.75) is 25.3 Å². The predicted octanol–water partition coefficient (Wildman–Crippen LogP) is 5.60. The van der Waals surface area contributed by atoms with Crippen LogP contribution in [0.3, 0.4) is 0 Å². The van der Waals surface area contributed by atoms with E-state index in [0.29, 0.717) is 16.9 Å². The van der Waals surface area contributed by atoms with Gasteiger partial charge in [0.05, 0.1) is 38.9 Å². The molecule has 4 aromatic heterocycles. The highest BCUT2D eigenvalue weighted by Crippen LogP contribution is 2.43. The van der Waals surface area contributed by atoms with Crippen molar-refractivity contribution in [3.63, 3.8) is 0 Å². The monoisotopic (exact) mass is 495 g/mol. The van der Waals surface area contributed by atoms with Crippen LogP contribution in [-0.4, -0.2) is 49.3 Å². The fraction of sp³-hybridized carbons (Fsp3) is 0.286. The molecule has 1 aliphatic carbocycles. The van der Waals surface area contributed by atoms with Gasteiger partial charge in [-0.2, -0.15) is 5.10 Å². The Labute approximate surface area is 213 Å². The first-order valence-corrected chi connectivity index (χ1v) is 12.9. The summed E-state index contributed by atoms with van der Waals surface area (Å²) in [5.74, 6) is 1.20. The van der Waals surface area contributed by atoms with Crippen molar-refractivity contribution in [1.29, 1.82) is 0 Å². The number of nitrogens with two attached hydrogens (primary N) is 1. The molecule has 36 heavy (non-hydrogen) atoms. The number of rotatable bonds is 5. The number of likely N-dealkylation sites (tertiary alicyclic amines) is 1. The van der Waals surface area contributed by atoms with E-state index in [1.54, 1.807) is 12.4 Å². The van der Waals surface area contributed by atoms with Crippen molar-refractivity contribution < 1.29 is 0 Å². The van der Waals surface area contributed by atoms with Crippen LogP contribution in [0, 0.1) is 5.92 Å². The molecule has 7 rings (SSSR count). The molecule has 1 saturated heterocycles. The SMILES string of the molecule is Nc1nccc2c1c(-c1cc3nc(-c4ccccn4)ccc3cc1Cl)nn2C1CC(CN2CCC2)C1. The topological polar surface area (TPSA) is 85.7 Å². The molecule has 2 N–H and O–H groups in total. The molecule has 0 bridgehead atoms. The van der Waals surface area contributed by atoms with Gasteiger partial charge in [0.2, 0.25) is 0 Å². The maximum Gasteiger partial charge on any atom is 0.135 e. The molecule has 5 heterocycles. The molecule has 0 unspecified atom stereocenters. The van der Waals surface area contributed by atoms with Crippen LogP contribution in [0.25, 0.3) is 44.5 Å². The number of pyridine rings is 3. The van der Waals surface area contributed by atoms with E-state index in [2.05, 4.69) is 19.5 Å². The fourth-order valence-corrected chi connectivity index (χ4v) is 5.80. The molecule has 0 spiro atoms. The summed E-state index contributed by atoms with van der Waals surface area (Å²) in [6, 6.07) is 16.2. The smallest absolute Gasteiger partial charge is 0.135 e. The summed E-state index contributed by atoms with van der Waals surface area (Å²) < 4.78 is 2.15. The number of hydrogen-bond donors (Lipinski definition) is 1. The fourth-order valence-electron chi connectivity index (χ4n) is 5.54. The lowest BCUT2D eigenvalue weighted by molar-refractivity contribution is 0.0882. The Morgan fingerprint density at radius 1 is 0.972 bits per heavy atom. The van der Waals surface area contributed by atoms with Crippen molar-refractivity contribution >= 4 is 39.2 Å². The second-order valence-electron chi connectivity index (χ2n) is 9.97. The summed E-state index contributed by atoms with van der Waals surface area (Å²) in [6.45, 7) is 3.69. The van der Waals surface area contributed by atoms with Crippen LogP contribution in [0.15, 0.2) is 60.9 Å². The van der Waals surface area contributed by atoms with Crippen molar-refractivity contribution in [3.05, 3.63) is 65.9 Å². The molecule has 7 nitrogen and oxygen atoms in total. The van der Waals surface area contributed by atoms with Crippen LogP contribution >= 0.6 is 11.6 Å². The summed E-state index contributed by atoms with van der Waals surface area (Å²) in [6.07, 6.45) is 7.14. The van der Waals surface area contributed by atoms with Gasteiger partial charge in [0.25, 0.3) is 0 Å². The molecular weight excluding hydrogens is 470 g/mol. The van der Waals surface area contributed by atoms with Gasteiger partial charge in [-0.3, -0.25) is 9.67 Å². The largest absolute Gasteiger partial charge is 0.383 e. The molecule has 1 aromatic carbocycles. The predicted molar refractivity (Wildman–Crippen MR) is 144 cm³/mol. The van der Waals surface area contributed by atoms with Gasteiger partial charge >= 0.3 is 0 Å². The second-order valence-corrected chi connectivity index (χ2v) is 10.4. The van der Waals surface area contributed by atoms with Gasteiger partial charge in [0.15, 0.2) is 0 Å². The van der Waals surface area contributed by atoms with Crippen LogP contribution < -0.4 is 5.73 Å². The third-order valence-electron chi connectivity index (χ3n) is 7.63. The third kappa shape index (κ3) is 3.62. The van der Waals surface area contributed by atoms with E-state index >= 15 is 0 Å². The summed E-state index contributed by atoms with van der Waals surface area (Å²) >= 11 is 6.83. The standard InChI is InChI=1S/C28H26ClN7/c29-21-14-18-5-6-23(22-4-1-2-8-31-22)33-24(18)15-20(21)27-26-25(7-9-32-28(26)30)36(34-27)19-12-17(13-19)16-35-10-3-11-35/h1-2,4-9,14-15,17,19H,3,10-13,16H2,(H2,30,32). The summed E-state index contributed by atoms with van der Waals surface area (Å²) in [5, 5.41) is 7.53. The van der Waals surface area contributed by atoms with E-state index in [9.17, 15) is 0 Å². The second kappa shape index (κ2) is 8.54. The van der Waals surface area contributed by atoms with Crippen LogP contribution in [0.4, 0.5) is 5.82 Å². The first-order valence-electron chi connectivity index (χ1n) is 12.5. The molecule has 2 fully saturated rings. The van der Waals surface area contributed by atoms with E-state index in [1.807, 2.05) is 48.5 Å². The number of benzene rings is 1. The number of hydrogen-bond acceptors (Lipinski definition) is 6. The van der Waals surface area contributed by atoms with Gasteiger partial charge in [-0.1, -0.05) is 23.7 Å². The minimum absolute atomic E-state index is 0.363. The van der Waals surface area contributed by atoms with Gasteiger partial charge < -0.3 is 10.6 Å². The minimum Gasteiger partial charge on any atom is -0.383 e. The molecule has 8 heteroatoms. The lowest BCUT2D eigenvalue weighted by atomic mass is 9.79. The lowest BCUT2D eigenvalue weighted by Crippen LogP contribution is -2.44. The quantitative estimate of drug-likeness (QED) is 0.341. The van der Waals surface area contributed by atoms with Crippen molar-refractivity contribution in [1.82, 2.24) is 29.6 Å². The zero-order chi connectivity index (χ0) is 24.2. The molecule has 180 valence electrons. The van der Waals surface area contributed by atoms with Crippen molar-refractivity contribution in [2.75, 3.05) is 25.4 Å². The Bertz CT molecular complexity index is 1590. The summed E-state index contributed by atoms with van der Waals surface area (Å²) in [7, 11) is 0. The number of aromatic nitrogens is 5. The van der Waals surface area contributed by atoms with E-state index in [-0.39, 0.29) is 0 Å². The Morgan fingerprint density at radius 3 is 2.64 bits per heavy atom. The van der Waals surface area contributed by atoms with E-state index in [1.165, 1.54) is 26.1 Å². The number of anilines is 1. The summed E-state index contributed by atoms with van der Waals surface area (Å²) in [5.41, 5.74) is 11.5. The Kier molecular flexibility index (Phi) is 5.15. The van der Waals surface area contributed by atoms with Crippen molar-refractivity contribution in [2.24, 2.45) is 5.92 Å². The molecule has 0 radical (unpaired) electrons. The van der Waals surface area contributed by atoms with Gasteiger partial charge in [-0.05, 0) is 74.7 Å². The molecular formula is C28H26ClN7. The Balaban J connectivity index is 1.30. The maximum absolute atomic E-state index is 6.83. The lowest BCUT2D eigenvalue weighted by Gasteiger charge is -2.41. The molecule has 0 amide bonds. The highest BCUT2D eigenvalue weighted by Gasteiger charge is 2.35. The van der Waals surface area contributed by atoms with Crippen LogP contribution in [0.2, 0.25) is 5.02 Å². The number of nitrogens with zero attached hydrogens (tertiary/aromatic N) is 6. The molecule has 2 aliphatic rings. The molecule has 5 aromatic rings. The number of halogens is 1. The highest BCUT2D eigenvalue weighted by molar-refractivity contribution is 6.34. The van der Waals surface area contributed by atoms with Crippen LogP contribution in [0.1, 0.15) is 25.3 Å². The van der Waals surface area contributed by atoms with Gasteiger partial charge in [0.1, 0.15) is 11.5 Å². The highest BCUT2D eigenvalue weighted by atomic mass is 35.5. The number of nitrogen functional groups attached to an aromatic ring is 1. The van der Waals surface area contributed by atoms with E-state index in [4.69, 9.17) is 27.4 Å². The van der Waals surface area contributed by atoms with Gasteiger partial charge in [0, 0.05) is 29.9 Å². The average Bonchev–Trinajstić information content (AvgIpc) is 3.22. The van der Waals surface area contributed by atoms with Crippen LogP contribution in [-0.2, 0) is 0 Å². The minimum atomic E-state index is 0.363. The van der Waals surface area contributed by atoms with Gasteiger partial charge in [-0.15, -0.1) is 0 Å². The third-order valence-corrected chi connectivity index (χ3v) is 7.94.